The molecule has 4 rings (SSSR count). The van der Waals surface area contributed by atoms with Crippen LogP contribution in [0.3, 0.4) is 0 Å². The summed E-state index contributed by atoms with van der Waals surface area (Å²) in [4.78, 5) is 31.4. The summed E-state index contributed by atoms with van der Waals surface area (Å²) in [5.74, 6) is -0.772. The molecule has 1 aliphatic heterocycles. The van der Waals surface area contributed by atoms with Crippen LogP contribution < -0.4 is 15.0 Å². The lowest BCUT2D eigenvalue weighted by Crippen LogP contribution is -2.43. The third-order valence-electron chi connectivity index (χ3n) is 5.11. The minimum atomic E-state index is -4.48. The molecule has 2 amide bonds. The number of carbonyl (C=O) groups is 2. The SMILES string of the molecule is COc1cnccc1NC(=O)c1cnn2c1C(=O)N(c1ccc(C(F)(F)F)cc1)C[C@@H]2C. The molecule has 0 aliphatic carbocycles. The Hall–Kier alpha value is -3.89. The number of pyridine rings is 1. The Bertz CT molecular complexity index is 1170. The molecular formula is C21H18F3N5O3. The van der Waals surface area contributed by atoms with Crippen LogP contribution in [0.1, 0.15) is 39.4 Å². The fourth-order valence-corrected chi connectivity index (χ4v) is 3.52. The Labute approximate surface area is 180 Å². The average molecular weight is 445 g/mol. The molecule has 166 valence electrons. The van der Waals surface area contributed by atoms with E-state index in [0.29, 0.717) is 17.1 Å². The van der Waals surface area contributed by atoms with Crippen LogP contribution in [0.4, 0.5) is 24.5 Å². The van der Waals surface area contributed by atoms with E-state index in [4.69, 9.17) is 4.74 Å². The van der Waals surface area contributed by atoms with Gasteiger partial charge in [-0.1, -0.05) is 0 Å². The van der Waals surface area contributed by atoms with Gasteiger partial charge in [0.2, 0.25) is 0 Å². The molecule has 1 aliphatic rings. The molecule has 8 nitrogen and oxygen atoms in total. The van der Waals surface area contributed by atoms with Crippen LogP contribution in [0.25, 0.3) is 0 Å². The van der Waals surface area contributed by atoms with Crippen molar-refractivity contribution in [2.45, 2.75) is 19.1 Å². The number of aromatic nitrogens is 3. The van der Waals surface area contributed by atoms with Crippen molar-refractivity contribution in [3.63, 3.8) is 0 Å². The smallest absolute Gasteiger partial charge is 0.416 e. The van der Waals surface area contributed by atoms with E-state index in [0.717, 1.165) is 12.1 Å². The number of anilines is 2. The van der Waals surface area contributed by atoms with E-state index >= 15 is 0 Å². The molecule has 32 heavy (non-hydrogen) atoms. The average Bonchev–Trinajstić information content (AvgIpc) is 3.22. The van der Waals surface area contributed by atoms with Gasteiger partial charge in [-0.15, -0.1) is 0 Å². The first-order valence-corrected chi connectivity index (χ1v) is 9.56. The van der Waals surface area contributed by atoms with E-state index in [9.17, 15) is 22.8 Å². The molecule has 2 aromatic heterocycles. The fraction of sp³-hybridized carbons (Fsp3) is 0.238. The number of halogens is 3. The van der Waals surface area contributed by atoms with E-state index in [1.807, 2.05) is 0 Å². The Kier molecular flexibility index (Phi) is 5.33. The van der Waals surface area contributed by atoms with Gasteiger partial charge in [-0.3, -0.25) is 19.3 Å². The van der Waals surface area contributed by atoms with Gasteiger partial charge in [0.1, 0.15) is 5.69 Å². The van der Waals surface area contributed by atoms with Gasteiger partial charge in [0, 0.05) is 18.4 Å². The zero-order valence-corrected chi connectivity index (χ0v) is 17.1. The summed E-state index contributed by atoms with van der Waals surface area (Å²) in [6, 6.07) is 5.56. The number of alkyl halides is 3. The van der Waals surface area contributed by atoms with Crippen molar-refractivity contribution >= 4 is 23.2 Å². The molecule has 1 aromatic carbocycles. The molecular weight excluding hydrogens is 427 g/mol. The first-order valence-electron chi connectivity index (χ1n) is 9.56. The van der Waals surface area contributed by atoms with Gasteiger partial charge in [0.15, 0.2) is 5.75 Å². The van der Waals surface area contributed by atoms with E-state index in [2.05, 4.69) is 15.4 Å². The van der Waals surface area contributed by atoms with Gasteiger partial charge < -0.3 is 15.0 Å². The molecule has 11 heteroatoms. The highest BCUT2D eigenvalue weighted by atomic mass is 19.4. The molecule has 1 N–H and O–H groups in total. The number of carbonyl (C=O) groups excluding carboxylic acids is 2. The summed E-state index contributed by atoms with van der Waals surface area (Å²) in [7, 11) is 1.43. The number of methoxy groups -OCH3 is 1. The van der Waals surface area contributed by atoms with Crippen molar-refractivity contribution in [3.8, 4) is 5.75 Å². The van der Waals surface area contributed by atoms with E-state index < -0.39 is 23.6 Å². The van der Waals surface area contributed by atoms with Crippen LogP contribution >= 0.6 is 0 Å². The maximum absolute atomic E-state index is 13.2. The number of benzene rings is 1. The normalized spacial score (nSPS) is 16.0. The van der Waals surface area contributed by atoms with Crippen molar-refractivity contribution in [2.75, 3.05) is 23.9 Å². The Morgan fingerprint density at radius 2 is 1.91 bits per heavy atom. The maximum Gasteiger partial charge on any atom is 0.416 e. The van der Waals surface area contributed by atoms with Crippen LogP contribution in [-0.4, -0.2) is 40.2 Å². The van der Waals surface area contributed by atoms with Gasteiger partial charge in [-0.25, -0.2) is 0 Å². The van der Waals surface area contributed by atoms with Gasteiger partial charge in [0.05, 0.1) is 42.4 Å². The van der Waals surface area contributed by atoms with E-state index in [1.165, 1.54) is 47.4 Å². The van der Waals surface area contributed by atoms with Crippen LogP contribution in [0.2, 0.25) is 0 Å². The highest BCUT2D eigenvalue weighted by Gasteiger charge is 2.36. The molecule has 0 fully saturated rings. The van der Waals surface area contributed by atoms with Crippen LogP contribution in [-0.2, 0) is 6.18 Å². The second-order valence-corrected chi connectivity index (χ2v) is 7.19. The highest BCUT2D eigenvalue weighted by molar-refractivity contribution is 6.15. The van der Waals surface area contributed by atoms with Crippen LogP contribution in [0.5, 0.6) is 5.75 Å². The zero-order valence-electron chi connectivity index (χ0n) is 17.1. The first-order chi connectivity index (χ1) is 15.2. The van der Waals surface area contributed by atoms with Gasteiger partial charge in [-0.2, -0.15) is 18.3 Å². The molecule has 0 saturated heterocycles. The summed E-state index contributed by atoms with van der Waals surface area (Å²) in [6.07, 6.45) is -0.271. The van der Waals surface area contributed by atoms with E-state index in [1.54, 1.807) is 13.0 Å². The number of hydrogen-bond donors (Lipinski definition) is 1. The van der Waals surface area contributed by atoms with Crippen molar-refractivity contribution < 1.29 is 27.5 Å². The van der Waals surface area contributed by atoms with Crippen molar-refractivity contribution in [1.82, 2.24) is 14.8 Å². The first kappa shape index (κ1) is 21.3. The molecule has 0 spiro atoms. The molecule has 1 atom stereocenters. The highest BCUT2D eigenvalue weighted by Crippen LogP contribution is 2.33. The number of fused-ring (bicyclic) bond motifs is 1. The summed E-state index contributed by atoms with van der Waals surface area (Å²) in [5.41, 5.74) is -0.0607. The quantitative estimate of drug-likeness (QED) is 0.660. The topological polar surface area (TPSA) is 89.3 Å². The van der Waals surface area contributed by atoms with Crippen LogP contribution in [0, 0.1) is 0 Å². The molecule has 3 heterocycles. The summed E-state index contributed by atoms with van der Waals surface area (Å²) in [6.45, 7) is 1.99. The molecule has 0 saturated carbocycles. The van der Waals surface area contributed by atoms with Crippen LogP contribution in [0.15, 0.2) is 48.9 Å². The number of ether oxygens (including phenoxy) is 1. The van der Waals surface area contributed by atoms with Gasteiger partial charge in [-0.05, 0) is 37.3 Å². The second-order valence-electron chi connectivity index (χ2n) is 7.19. The Morgan fingerprint density at radius 1 is 1.19 bits per heavy atom. The largest absolute Gasteiger partial charge is 0.493 e. The van der Waals surface area contributed by atoms with Crippen molar-refractivity contribution in [3.05, 3.63) is 65.7 Å². The number of hydrogen-bond acceptors (Lipinski definition) is 5. The van der Waals surface area contributed by atoms with Crippen molar-refractivity contribution in [1.29, 1.82) is 0 Å². The molecule has 0 bridgehead atoms. The van der Waals surface area contributed by atoms with Gasteiger partial charge in [0.25, 0.3) is 11.8 Å². The minimum Gasteiger partial charge on any atom is -0.493 e. The lowest BCUT2D eigenvalue weighted by molar-refractivity contribution is -0.137. The molecule has 3 aromatic rings. The predicted molar refractivity (Wildman–Crippen MR) is 109 cm³/mol. The van der Waals surface area contributed by atoms with Gasteiger partial charge >= 0.3 is 6.18 Å². The second kappa shape index (κ2) is 7.98. The third kappa shape index (κ3) is 3.77. The maximum atomic E-state index is 13.2. The van der Waals surface area contributed by atoms with Crippen molar-refractivity contribution in [2.24, 2.45) is 0 Å². The predicted octanol–water partition coefficient (Wildman–Crippen LogP) is 3.78. The van der Waals surface area contributed by atoms with E-state index in [-0.39, 0.29) is 23.8 Å². The monoisotopic (exact) mass is 445 g/mol. The number of rotatable bonds is 4. The number of nitrogens with one attached hydrogen (secondary N) is 1. The Balaban J connectivity index is 1.65. The zero-order chi connectivity index (χ0) is 23.0. The standard InChI is InChI=1S/C21H18F3N5O3/c1-12-11-28(14-5-3-13(4-6-14)21(22,23)24)20(31)18-15(9-26-29(12)18)19(30)27-16-7-8-25-10-17(16)32-2/h3-10,12H,11H2,1-2H3,(H,25,27,30)/t12-/m0/s1. The third-order valence-corrected chi connectivity index (χ3v) is 5.11. The Morgan fingerprint density at radius 3 is 2.56 bits per heavy atom. The minimum absolute atomic E-state index is 0.0392. The number of nitrogens with zero attached hydrogens (tertiary/aromatic N) is 4. The summed E-state index contributed by atoms with van der Waals surface area (Å²) < 4.78 is 45.3. The summed E-state index contributed by atoms with van der Waals surface area (Å²) in [5, 5.41) is 6.86. The lowest BCUT2D eigenvalue weighted by Gasteiger charge is -2.32. The summed E-state index contributed by atoms with van der Waals surface area (Å²) >= 11 is 0. The molecule has 0 radical (unpaired) electrons. The number of amides is 2. The molecule has 0 unspecified atom stereocenters. The lowest BCUT2D eigenvalue weighted by atomic mass is 10.1. The fourth-order valence-electron chi connectivity index (χ4n) is 3.52.